The Morgan fingerprint density at radius 1 is 1.32 bits per heavy atom. The molecule has 2 rings (SSSR count). The van der Waals surface area contributed by atoms with Gasteiger partial charge in [-0.2, -0.15) is 0 Å². The van der Waals surface area contributed by atoms with Crippen molar-refractivity contribution in [3.63, 3.8) is 0 Å². The molecule has 0 bridgehead atoms. The van der Waals surface area contributed by atoms with Gasteiger partial charge in [0.2, 0.25) is 0 Å². The summed E-state index contributed by atoms with van der Waals surface area (Å²) in [5.74, 6) is -0.750. The first-order valence-electron chi connectivity index (χ1n) is 7.27. The predicted molar refractivity (Wildman–Crippen MR) is 76.3 cm³/mol. The van der Waals surface area contributed by atoms with Crippen LogP contribution in [-0.4, -0.2) is 17.1 Å². The minimum Gasteiger partial charge on any atom is -0.480 e. The third kappa shape index (κ3) is 3.80. The second kappa shape index (κ2) is 6.71. The lowest BCUT2D eigenvalue weighted by Crippen LogP contribution is -2.36. The number of hydrogen-bond acceptors (Lipinski definition) is 2. The molecule has 0 saturated heterocycles. The molecule has 1 unspecified atom stereocenters. The van der Waals surface area contributed by atoms with Gasteiger partial charge in [-0.15, -0.1) is 0 Å². The van der Waals surface area contributed by atoms with Crippen molar-refractivity contribution < 1.29 is 9.90 Å². The monoisotopic (exact) mass is 261 g/mol. The summed E-state index contributed by atoms with van der Waals surface area (Å²) in [6, 6.07) is 6.15. The highest BCUT2D eigenvalue weighted by atomic mass is 16.4. The van der Waals surface area contributed by atoms with Gasteiger partial charge in [0.05, 0.1) is 0 Å². The van der Waals surface area contributed by atoms with Crippen molar-refractivity contribution in [2.45, 2.75) is 58.0 Å². The Hall–Kier alpha value is -1.35. The van der Waals surface area contributed by atoms with E-state index < -0.39 is 12.0 Å². The fourth-order valence-electron chi connectivity index (χ4n) is 2.74. The molecular weight excluding hydrogens is 238 g/mol. The Balaban J connectivity index is 1.97. The number of carbonyl (C=O) groups is 1. The maximum absolute atomic E-state index is 11.1. The molecule has 1 aromatic carbocycles. The van der Waals surface area contributed by atoms with Gasteiger partial charge in [-0.05, 0) is 48.8 Å². The molecule has 0 fully saturated rings. The fraction of sp³-hybridized carbons (Fsp3) is 0.562. The number of rotatable bonds is 6. The second-order valence-corrected chi connectivity index (χ2v) is 5.37. The van der Waals surface area contributed by atoms with Gasteiger partial charge in [-0.1, -0.05) is 31.5 Å². The number of fused-ring (bicyclic) bond motifs is 1. The van der Waals surface area contributed by atoms with Gasteiger partial charge in [0.15, 0.2) is 0 Å². The highest BCUT2D eigenvalue weighted by Gasteiger charge is 2.15. The zero-order valence-electron chi connectivity index (χ0n) is 11.6. The number of hydrogen-bond donors (Lipinski definition) is 2. The number of nitrogens with one attached hydrogen (secondary N) is 1. The molecule has 1 atom stereocenters. The first kappa shape index (κ1) is 14.1. The number of aryl methyl sites for hydroxylation is 2. The number of benzene rings is 1. The van der Waals surface area contributed by atoms with Crippen molar-refractivity contribution in [1.29, 1.82) is 0 Å². The van der Waals surface area contributed by atoms with E-state index in [1.165, 1.54) is 42.4 Å². The Bertz CT molecular complexity index is 442. The summed E-state index contributed by atoms with van der Waals surface area (Å²) in [5.41, 5.74) is 4.12. The van der Waals surface area contributed by atoms with Crippen LogP contribution in [0.1, 0.15) is 49.3 Å². The van der Waals surface area contributed by atoms with E-state index in [1.807, 2.05) is 6.92 Å². The summed E-state index contributed by atoms with van der Waals surface area (Å²) < 4.78 is 0. The van der Waals surface area contributed by atoms with Crippen molar-refractivity contribution in [3.8, 4) is 0 Å². The maximum Gasteiger partial charge on any atom is 0.320 e. The molecule has 1 aliphatic rings. The molecule has 0 amide bonds. The molecule has 0 aliphatic heterocycles. The van der Waals surface area contributed by atoms with Crippen LogP contribution in [0.2, 0.25) is 0 Å². The van der Waals surface area contributed by atoms with E-state index in [9.17, 15) is 4.79 Å². The topological polar surface area (TPSA) is 49.3 Å². The predicted octanol–water partition coefficient (Wildman–Crippen LogP) is 2.91. The second-order valence-electron chi connectivity index (χ2n) is 5.37. The zero-order valence-corrected chi connectivity index (χ0v) is 11.6. The summed E-state index contributed by atoms with van der Waals surface area (Å²) in [6.45, 7) is 2.65. The van der Waals surface area contributed by atoms with Crippen LogP contribution in [0.15, 0.2) is 18.2 Å². The largest absolute Gasteiger partial charge is 0.480 e. The van der Waals surface area contributed by atoms with Crippen LogP contribution in [0.25, 0.3) is 0 Å². The van der Waals surface area contributed by atoms with E-state index in [0.717, 1.165) is 6.42 Å². The van der Waals surface area contributed by atoms with Gasteiger partial charge in [0.25, 0.3) is 0 Å². The van der Waals surface area contributed by atoms with Crippen molar-refractivity contribution in [1.82, 2.24) is 5.32 Å². The van der Waals surface area contributed by atoms with Gasteiger partial charge in [-0.3, -0.25) is 4.79 Å². The average molecular weight is 261 g/mol. The van der Waals surface area contributed by atoms with Gasteiger partial charge in [0.1, 0.15) is 6.04 Å². The highest BCUT2D eigenvalue weighted by molar-refractivity contribution is 5.73. The van der Waals surface area contributed by atoms with Crippen LogP contribution >= 0.6 is 0 Å². The molecule has 3 nitrogen and oxygen atoms in total. The van der Waals surface area contributed by atoms with Crippen molar-refractivity contribution >= 4 is 5.97 Å². The van der Waals surface area contributed by atoms with Crippen molar-refractivity contribution in [2.75, 3.05) is 0 Å². The molecule has 0 heterocycles. The number of aliphatic carboxylic acids is 1. The van der Waals surface area contributed by atoms with Crippen LogP contribution < -0.4 is 5.32 Å². The molecule has 0 spiro atoms. The van der Waals surface area contributed by atoms with E-state index in [2.05, 4.69) is 23.5 Å². The van der Waals surface area contributed by atoms with Gasteiger partial charge >= 0.3 is 5.97 Å². The molecule has 0 saturated carbocycles. The van der Waals surface area contributed by atoms with Crippen LogP contribution in [0.5, 0.6) is 0 Å². The molecular formula is C16H23NO2. The molecule has 1 aliphatic carbocycles. The minimum absolute atomic E-state index is 0.430. The van der Waals surface area contributed by atoms with Crippen molar-refractivity contribution in [3.05, 3.63) is 34.9 Å². The molecule has 19 heavy (non-hydrogen) atoms. The van der Waals surface area contributed by atoms with E-state index in [1.54, 1.807) is 0 Å². The molecule has 2 N–H and O–H groups in total. The molecule has 1 aromatic rings. The van der Waals surface area contributed by atoms with Crippen LogP contribution in [0, 0.1) is 0 Å². The third-order valence-corrected chi connectivity index (χ3v) is 3.84. The Morgan fingerprint density at radius 2 is 2.05 bits per heavy atom. The van der Waals surface area contributed by atoms with E-state index in [0.29, 0.717) is 13.0 Å². The van der Waals surface area contributed by atoms with Crippen LogP contribution in [0.3, 0.4) is 0 Å². The first-order chi connectivity index (χ1) is 9.20. The summed E-state index contributed by atoms with van der Waals surface area (Å²) in [5, 5.41) is 12.3. The lowest BCUT2D eigenvalue weighted by atomic mass is 9.90. The lowest BCUT2D eigenvalue weighted by Gasteiger charge is -2.18. The Labute approximate surface area is 115 Å². The number of carboxylic acids is 1. The first-order valence-corrected chi connectivity index (χ1v) is 7.27. The summed E-state index contributed by atoms with van der Waals surface area (Å²) in [6.07, 6.45) is 6.49. The van der Waals surface area contributed by atoms with Crippen LogP contribution in [-0.2, 0) is 24.2 Å². The lowest BCUT2D eigenvalue weighted by molar-refractivity contribution is -0.139. The van der Waals surface area contributed by atoms with Gasteiger partial charge < -0.3 is 10.4 Å². The van der Waals surface area contributed by atoms with Gasteiger partial charge in [-0.25, -0.2) is 0 Å². The third-order valence-electron chi connectivity index (χ3n) is 3.84. The van der Waals surface area contributed by atoms with Crippen molar-refractivity contribution in [2.24, 2.45) is 0 Å². The normalized spacial score (nSPS) is 15.8. The summed E-state index contributed by atoms with van der Waals surface area (Å²) in [7, 11) is 0. The quantitative estimate of drug-likeness (QED) is 0.828. The van der Waals surface area contributed by atoms with Gasteiger partial charge in [0, 0.05) is 6.54 Å². The molecule has 104 valence electrons. The fourth-order valence-corrected chi connectivity index (χ4v) is 2.74. The maximum atomic E-state index is 11.1. The smallest absolute Gasteiger partial charge is 0.320 e. The summed E-state index contributed by atoms with van der Waals surface area (Å²) >= 11 is 0. The zero-order chi connectivity index (χ0) is 13.7. The Morgan fingerprint density at radius 3 is 2.74 bits per heavy atom. The minimum atomic E-state index is -0.750. The standard InChI is InChI=1S/C16H23NO2/c1-2-5-15(16(18)19)17-11-12-8-9-13-6-3-4-7-14(13)10-12/h8-10,15,17H,2-7,11H2,1H3,(H,18,19). The number of carboxylic acid groups (broad SMARTS) is 1. The van der Waals surface area contributed by atoms with Crippen LogP contribution in [0.4, 0.5) is 0 Å². The van der Waals surface area contributed by atoms with E-state index in [4.69, 9.17) is 5.11 Å². The summed E-state index contributed by atoms with van der Waals surface area (Å²) in [4.78, 5) is 11.1. The van der Waals surface area contributed by atoms with E-state index in [-0.39, 0.29) is 0 Å². The molecule has 3 heteroatoms. The average Bonchev–Trinajstić information content (AvgIpc) is 2.43. The molecule has 0 aromatic heterocycles. The highest BCUT2D eigenvalue weighted by Crippen LogP contribution is 2.22. The SMILES string of the molecule is CCCC(NCc1ccc2c(c1)CCCC2)C(=O)O. The Kier molecular flexibility index (Phi) is 4.97. The molecule has 0 radical (unpaired) electrons. The van der Waals surface area contributed by atoms with E-state index >= 15 is 0 Å².